The van der Waals surface area contributed by atoms with Crippen LogP contribution in [0.5, 0.6) is 0 Å². The highest BCUT2D eigenvalue weighted by Gasteiger charge is 2.48. The van der Waals surface area contributed by atoms with Crippen LogP contribution in [0.4, 0.5) is 43.8 Å². The van der Waals surface area contributed by atoms with Gasteiger partial charge >= 0.3 is 12.4 Å². The lowest BCUT2D eigenvalue weighted by atomic mass is 10.1. The highest BCUT2D eigenvalue weighted by atomic mass is 19.4. The van der Waals surface area contributed by atoms with Crippen LogP contribution in [0.15, 0.2) is 29.2 Å². The molecule has 0 saturated carbocycles. The van der Waals surface area contributed by atoms with Crippen molar-refractivity contribution in [2.75, 3.05) is 29.6 Å². The minimum Gasteiger partial charge on any atom is -0.377 e. The molecule has 2 aliphatic rings. The summed E-state index contributed by atoms with van der Waals surface area (Å²) in [5, 5.41) is 0. The first kappa shape index (κ1) is 22.4. The van der Waals surface area contributed by atoms with Gasteiger partial charge in [0.15, 0.2) is 0 Å². The summed E-state index contributed by atoms with van der Waals surface area (Å²) in [4.78, 5) is 22.9. The van der Waals surface area contributed by atoms with Crippen LogP contribution in [-0.2, 0) is 17.5 Å². The zero-order valence-corrected chi connectivity index (χ0v) is 16.8. The van der Waals surface area contributed by atoms with Crippen molar-refractivity contribution >= 4 is 17.5 Å². The molecule has 0 bridgehead atoms. The SMILES string of the molecule is CC1COCCN1c1cc(=O)n2c(n1)N(c1ccc(C(F)(F)F)nc1)C(C(F)(F)F)CC2. The smallest absolute Gasteiger partial charge is 0.377 e. The Morgan fingerprint density at radius 3 is 2.47 bits per heavy atom. The second-order valence-corrected chi connectivity index (χ2v) is 7.64. The number of aromatic nitrogens is 3. The number of hydrogen-bond acceptors (Lipinski definition) is 6. The number of morpholine rings is 1. The van der Waals surface area contributed by atoms with Crippen LogP contribution >= 0.6 is 0 Å². The summed E-state index contributed by atoms with van der Waals surface area (Å²) < 4.78 is 86.7. The van der Waals surface area contributed by atoms with E-state index in [9.17, 15) is 31.1 Å². The van der Waals surface area contributed by atoms with Crippen molar-refractivity contribution in [3.8, 4) is 0 Å². The molecule has 2 atom stereocenters. The molecular formula is C19H19F6N5O2. The van der Waals surface area contributed by atoms with Gasteiger partial charge in [0.1, 0.15) is 17.6 Å². The predicted octanol–water partition coefficient (Wildman–Crippen LogP) is 3.35. The average molecular weight is 463 g/mol. The molecule has 0 aromatic carbocycles. The maximum absolute atomic E-state index is 13.9. The Balaban J connectivity index is 1.84. The molecule has 1 fully saturated rings. The Morgan fingerprint density at radius 2 is 1.88 bits per heavy atom. The number of anilines is 3. The summed E-state index contributed by atoms with van der Waals surface area (Å²) in [5.74, 6) is -0.105. The Morgan fingerprint density at radius 1 is 1.12 bits per heavy atom. The van der Waals surface area contributed by atoms with Gasteiger partial charge in [0, 0.05) is 19.2 Å². The van der Waals surface area contributed by atoms with Crippen LogP contribution in [0.1, 0.15) is 19.0 Å². The lowest BCUT2D eigenvalue weighted by Crippen LogP contribution is -2.51. The fourth-order valence-corrected chi connectivity index (χ4v) is 3.91. The van der Waals surface area contributed by atoms with Crippen molar-refractivity contribution in [3.05, 3.63) is 40.4 Å². The third-order valence-electron chi connectivity index (χ3n) is 5.48. The second kappa shape index (κ2) is 7.94. The van der Waals surface area contributed by atoms with Gasteiger partial charge in [0.25, 0.3) is 5.56 Å². The summed E-state index contributed by atoms with van der Waals surface area (Å²) in [6, 6.07) is 0.517. The highest BCUT2D eigenvalue weighted by Crippen LogP contribution is 2.40. The maximum atomic E-state index is 13.9. The predicted molar refractivity (Wildman–Crippen MR) is 102 cm³/mol. The molecule has 0 aliphatic carbocycles. The third kappa shape index (κ3) is 4.12. The van der Waals surface area contributed by atoms with Crippen molar-refractivity contribution in [2.24, 2.45) is 0 Å². The number of ether oxygens (including phenoxy) is 1. The Kier molecular flexibility index (Phi) is 5.55. The van der Waals surface area contributed by atoms with Gasteiger partial charge in [0.05, 0.1) is 31.1 Å². The van der Waals surface area contributed by atoms with Gasteiger partial charge < -0.3 is 9.64 Å². The van der Waals surface area contributed by atoms with E-state index in [-0.39, 0.29) is 30.0 Å². The van der Waals surface area contributed by atoms with Gasteiger partial charge in [-0.05, 0) is 25.5 Å². The number of nitrogens with zero attached hydrogens (tertiary/aromatic N) is 5. The van der Waals surface area contributed by atoms with E-state index in [2.05, 4.69) is 9.97 Å². The zero-order valence-electron chi connectivity index (χ0n) is 16.8. The molecular weight excluding hydrogens is 444 g/mol. The fourth-order valence-electron chi connectivity index (χ4n) is 3.91. The molecule has 7 nitrogen and oxygen atoms in total. The van der Waals surface area contributed by atoms with Crippen LogP contribution in [0.3, 0.4) is 0 Å². The minimum atomic E-state index is -4.74. The van der Waals surface area contributed by atoms with Crippen molar-refractivity contribution in [1.82, 2.24) is 14.5 Å². The Hall–Kier alpha value is -2.83. The van der Waals surface area contributed by atoms with E-state index in [1.807, 2.05) is 6.92 Å². The van der Waals surface area contributed by atoms with E-state index in [1.165, 1.54) is 6.07 Å². The summed E-state index contributed by atoms with van der Waals surface area (Å²) >= 11 is 0. The van der Waals surface area contributed by atoms with E-state index in [0.717, 1.165) is 15.5 Å². The van der Waals surface area contributed by atoms with Gasteiger partial charge in [-0.3, -0.25) is 14.3 Å². The average Bonchev–Trinajstić information content (AvgIpc) is 2.72. The molecule has 2 aromatic rings. The van der Waals surface area contributed by atoms with Gasteiger partial charge in [-0.15, -0.1) is 0 Å². The molecule has 13 heteroatoms. The van der Waals surface area contributed by atoms with Crippen LogP contribution in [0.25, 0.3) is 0 Å². The second-order valence-electron chi connectivity index (χ2n) is 7.64. The van der Waals surface area contributed by atoms with E-state index in [1.54, 1.807) is 4.90 Å². The van der Waals surface area contributed by atoms with Crippen LogP contribution in [-0.4, -0.2) is 52.6 Å². The van der Waals surface area contributed by atoms with Crippen molar-refractivity contribution in [3.63, 3.8) is 0 Å². The monoisotopic (exact) mass is 463 g/mol. The van der Waals surface area contributed by atoms with Gasteiger partial charge in [-0.25, -0.2) is 4.98 Å². The van der Waals surface area contributed by atoms with E-state index < -0.39 is 36.1 Å². The number of rotatable bonds is 2. The third-order valence-corrected chi connectivity index (χ3v) is 5.48. The molecule has 0 N–H and O–H groups in total. The van der Waals surface area contributed by atoms with Crippen LogP contribution in [0.2, 0.25) is 0 Å². The van der Waals surface area contributed by atoms with Gasteiger partial charge in [-0.1, -0.05) is 0 Å². The Labute approximate surface area is 178 Å². The molecule has 0 amide bonds. The minimum absolute atomic E-state index is 0.165. The first-order valence-electron chi connectivity index (χ1n) is 9.82. The quantitative estimate of drug-likeness (QED) is 0.637. The molecule has 174 valence electrons. The molecule has 2 aromatic heterocycles. The molecule has 4 heterocycles. The Bertz CT molecular complexity index is 1040. The molecule has 4 rings (SSSR count). The van der Waals surface area contributed by atoms with E-state index >= 15 is 0 Å². The zero-order chi connectivity index (χ0) is 23.3. The molecule has 2 aliphatic heterocycles. The summed E-state index contributed by atoms with van der Waals surface area (Å²) in [6.07, 6.45) is -9.20. The number of pyridine rings is 1. The molecule has 0 radical (unpaired) electrons. The van der Waals surface area contributed by atoms with Crippen molar-refractivity contribution in [1.29, 1.82) is 0 Å². The van der Waals surface area contributed by atoms with Gasteiger partial charge in [-0.2, -0.15) is 31.3 Å². The number of halogens is 6. The van der Waals surface area contributed by atoms with E-state index in [0.29, 0.717) is 32.0 Å². The van der Waals surface area contributed by atoms with Crippen LogP contribution in [0, 0.1) is 0 Å². The lowest BCUT2D eigenvalue weighted by molar-refractivity contribution is -0.150. The van der Waals surface area contributed by atoms with Gasteiger partial charge in [0.2, 0.25) is 5.95 Å². The molecule has 2 unspecified atom stereocenters. The van der Waals surface area contributed by atoms with Crippen molar-refractivity contribution < 1.29 is 31.1 Å². The summed E-state index contributed by atoms with van der Waals surface area (Å²) in [6.45, 7) is 2.71. The normalized spacial score (nSPS) is 22.1. The first-order chi connectivity index (χ1) is 15.0. The highest BCUT2D eigenvalue weighted by molar-refractivity contribution is 5.61. The maximum Gasteiger partial charge on any atom is 0.433 e. The number of alkyl halides is 6. The first-order valence-corrected chi connectivity index (χ1v) is 9.82. The molecule has 0 spiro atoms. The molecule has 32 heavy (non-hydrogen) atoms. The number of hydrogen-bond donors (Lipinski definition) is 0. The standard InChI is InChI=1S/C19H19F6N5O2/c1-11-10-32-7-6-28(11)15-8-16(31)29-5-4-14(19(23,24)25)30(17(29)27-15)12-2-3-13(26-9-12)18(20,21)22/h2-3,8-9,11,14H,4-7,10H2,1H3. The summed E-state index contributed by atoms with van der Waals surface area (Å²) in [5.41, 5.74) is -2.02. The lowest BCUT2D eigenvalue weighted by Gasteiger charge is -2.40. The van der Waals surface area contributed by atoms with Crippen LogP contribution < -0.4 is 15.4 Å². The van der Waals surface area contributed by atoms with Crippen molar-refractivity contribution in [2.45, 2.75) is 44.3 Å². The van der Waals surface area contributed by atoms with E-state index in [4.69, 9.17) is 4.74 Å². The topological polar surface area (TPSA) is 63.5 Å². The largest absolute Gasteiger partial charge is 0.433 e. The molecule has 1 saturated heterocycles. The fraction of sp³-hybridized carbons (Fsp3) is 0.526. The summed E-state index contributed by atoms with van der Waals surface area (Å²) in [7, 11) is 0. The number of fused-ring (bicyclic) bond motifs is 1.